The summed E-state index contributed by atoms with van der Waals surface area (Å²) >= 11 is 3.47. The minimum absolute atomic E-state index is 0.537. The number of ether oxygens (including phenoxy) is 1. The Balaban J connectivity index is 2.09. The van der Waals surface area contributed by atoms with E-state index in [1.807, 2.05) is 48.5 Å². The van der Waals surface area contributed by atoms with E-state index in [1.54, 1.807) is 13.8 Å². The molecule has 1 N–H and O–H groups in total. The van der Waals surface area contributed by atoms with Crippen molar-refractivity contribution in [1.82, 2.24) is 0 Å². The van der Waals surface area contributed by atoms with Crippen molar-refractivity contribution in [2.75, 3.05) is 0 Å². The molecule has 0 atom stereocenters. The molecule has 0 aromatic heterocycles. The summed E-state index contributed by atoms with van der Waals surface area (Å²) in [5, 5.41) is 10.00. The monoisotopic (exact) mass is 320 g/mol. The van der Waals surface area contributed by atoms with E-state index >= 15 is 0 Å². The fourth-order valence-electron chi connectivity index (χ4n) is 1.82. The summed E-state index contributed by atoms with van der Waals surface area (Å²) in [5.74, 6) is 0.781. The van der Waals surface area contributed by atoms with Crippen LogP contribution in [0.25, 0.3) is 0 Å². The molecule has 0 aliphatic carbocycles. The van der Waals surface area contributed by atoms with E-state index in [-0.39, 0.29) is 0 Å². The normalized spacial score (nSPS) is 11.4. The Bertz CT molecular complexity index is 544. The Morgan fingerprint density at radius 3 is 2.37 bits per heavy atom. The number of hydrogen-bond donors (Lipinski definition) is 1. The Labute approximate surface area is 122 Å². The molecule has 2 nitrogen and oxygen atoms in total. The molecule has 0 fully saturated rings. The van der Waals surface area contributed by atoms with Gasteiger partial charge in [-0.25, -0.2) is 0 Å². The van der Waals surface area contributed by atoms with E-state index in [2.05, 4.69) is 15.9 Å². The zero-order valence-electron chi connectivity index (χ0n) is 11.1. The van der Waals surface area contributed by atoms with Gasteiger partial charge in [-0.05, 0) is 37.1 Å². The third kappa shape index (κ3) is 3.82. The fourth-order valence-corrected chi connectivity index (χ4v) is 2.67. The molecule has 0 saturated heterocycles. The topological polar surface area (TPSA) is 29.5 Å². The van der Waals surface area contributed by atoms with Crippen molar-refractivity contribution in [2.24, 2.45) is 0 Å². The molecule has 0 aliphatic heterocycles. The van der Waals surface area contributed by atoms with Crippen LogP contribution in [0.3, 0.4) is 0 Å². The molecule has 0 saturated carbocycles. The molecule has 3 heteroatoms. The fraction of sp³-hybridized carbons (Fsp3) is 0.250. The molecular weight excluding hydrogens is 304 g/mol. The maximum atomic E-state index is 10.00. The highest BCUT2D eigenvalue weighted by molar-refractivity contribution is 9.10. The van der Waals surface area contributed by atoms with Crippen molar-refractivity contribution in [3.63, 3.8) is 0 Å². The number of halogens is 1. The van der Waals surface area contributed by atoms with Crippen LogP contribution in [0, 0.1) is 0 Å². The van der Waals surface area contributed by atoms with E-state index in [9.17, 15) is 5.11 Å². The van der Waals surface area contributed by atoms with Crippen molar-refractivity contribution >= 4 is 15.9 Å². The summed E-state index contributed by atoms with van der Waals surface area (Å²) in [6.07, 6.45) is 0. The number of rotatable bonds is 4. The largest absolute Gasteiger partial charge is 0.489 e. The van der Waals surface area contributed by atoms with Crippen molar-refractivity contribution < 1.29 is 9.84 Å². The first-order valence-corrected chi connectivity index (χ1v) is 6.95. The van der Waals surface area contributed by atoms with Crippen LogP contribution in [0.4, 0.5) is 0 Å². The van der Waals surface area contributed by atoms with E-state index < -0.39 is 5.60 Å². The molecule has 19 heavy (non-hydrogen) atoms. The summed E-state index contributed by atoms with van der Waals surface area (Å²) in [6.45, 7) is 4.06. The highest BCUT2D eigenvalue weighted by Gasteiger charge is 2.19. The van der Waals surface area contributed by atoms with Crippen LogP contribution in [0.15, 0.2) is 53.0 Å². The first kappa shape index (κ1) is 14.1. The maximum Gasteiger partial charge on any atom is 0.120 e. The number of aliphatic hydroxyl groups is 1. The van der Waals surface area contributed by atoms with E-state index in [4.69, 9.17) is 4.74 Å². The van der Waals surface area contributed by atoms with Crippen molar-refractivity contribution in [3.8, 4) is 5.75 Å². The van der Waals surface area contributed by atoms with Crippen LogP contribution in [0.2, 0.25) is 0 Å². The first-order valence-electron chi connectivity index (χ1n) is 6.16. The van der Waals surface area contributed by atoms with Gasteiger partial charge in [-0.15, -0.1) is 0 Å². The van der Waals surface area contributed by atoms with Crippen LogP contribution >= 0.6 is 15.9 Å². The summed E-state index contributed by atoms with van der Waals surface area (Å²) in [7, 11) is 0. The molecule has 0 radical (unpaired) electrons. The maximum absolute atomic E-state index is 10.00. The van der Waals surface area contributed by atoms with Crippen LogP contribution < -0.4 is 4.74 Å². The Hall–Kier alpha value is -1.32. The zero-order chi connectivity index (χ0) is 13.9. The van der Waals surface area contributed by atoms with Gasteiger partial charge in [0.25, 0.3) is 0 Å². The van der Waals surface area contributed by atoms with E-state index in [0.29, 0.717) is 6.61 Å². The molecule has 100 valence electrons. The summed E-state index contributed by atoms with van der Waals surface area (Å²) in [4.78, 5) is 0. The minimum atomic E-state index is -0.864. The van der Waals surface area contributed by atoms with Gasteiger partial charge in [-0.2, -0.15) is 0 Å². The van der Waals surface area contributed by atoms with Gasteiger partial charge in [0.1, 0.15) is 12.4 Å². The van der Waals surface area contributed by atoms with Gasteiger partial charge in [0.15, 0.2) is 0 Å². The summed E-state index contributed by atoms with van der Waals surface area (Å²) in [6, 6.07) is 15.7. The lowest BCUT2D eigenvalue weighted by Crippen LogP contribution is -2.16. The second-order valence-corrected chi connectivity index (χ2v) is 5.83. The quantitative estimate of drug-likeness (QED) is 0.912. The molecule has 0 spiro atoms. The van der Waals surface area contributed by atoms with Crippen LogP contribution in [0.5, 0.6) is 5.75 Å². The number of hydrogen-bond acceptors (Lipinski definition) is 2. The van der Waals surface area contributed by atoms with Gasteiger partial charge in [-0.1, -0.05) is 52.3 Å². The Morgan fingerprint density at radius 2 is 1.79 bits per heavy atom. The Kier molecular flexibility index (Phi) is 4.27. The highest BCUT2D eigenvalue weighted by Crippen LogP contribution is 2.31. The zero-order valence-corrected chi connectivity index (χ0v) is 12.6. The van der Waals surface area contributed by atoms with Crippen LogP contribution in [0.1, 0.15) is 25.0 Å². The first-order chi connectivity index (χ1) is 8.97. The molecule has 0 heterocycles. The molecule has 2 aromatic carbocycles. The molecule has 0 bridgehead atoms. The third-order valence-electron chi connectivity index (χ3n) is 2.85. The van der Waals surface area contributed by atoms with E-state index in [0.717, 1.165) is 21.3 Å². The van der Waals surface area contributed by atoms with Crippen molar-refractivity contribution in [3.05, 3.63) is 64.1 Å². The molecule has 0 aliphatic rings. The van der Waals surface area contributed by atoms with Gasteiger partial charge < -0.3 is 9.84 Å². The Morgan fingerprint density at radius 1 is 1.11 bits per heavy atom. The standard InChI is InChI=1S/C16H17BrO2/c1-16(2,18)14-9-8-13(10-15(14)17)19-11-12-6-4-3-5-7-12/h3-10,18H,11H2,1-2H3. The SMILES string of the molecule is CC(C)(O)c1ccc(OCc2ccccc2)cc1Br. The van der Waals surface area contributed by atoms with Crippen LogP contribution in [-0.4, -0.2) is 5.11 Å². The van der Waals surface area contributed by atoms with Gasteiger partial charge in [0, 0.05) is 4.47 Å². The van der Waals surface area contributed by atoms with Crippen molar-refractivity contribution in [1.29, 1.82) is 0 Å². The second kappa shape index (κ2) is 5.76. The number of benzene rings is 2. The minimum Gasteiger partial charge on any atom is -0.489 e. The lowest BCUT2D eigenvalue weighted by Gasteiger charge is -2.20. The smallest absolute Gasteiger partial charge is 0.120 e. The summed E-state index contributed by atoms with van der Waals surface area (Å²) in [5.41, 5.74) is 1.11. The van der Waals surface area contributed by atoms with Gasteiger partial charge in [0.2, 0.25) is 0 Å². The third-order valence-corrected chi connectivity index (χ3v) is 3.50. The van der Waals surface area contributed by atoms with Gasteiger partial charge in [-0.3, -0.25) is 0 Å². The molecule has 0 unspecified atom stereocenters. The lowest BCUT2D eigenvalue weighted by molar-refractivity contribution is 0.0777. The highest BCUT2D eigenvalue weighted by atomic mass is 79.9. The van der Waals surface area contributed by atoms with Gasteiger partial charge >= 0.3 is 0 Å². The molecule has 2 aromatic rings. The lowest BCUT2D eigenvalue weighted by atomic mass is 9.98. The molecule has 0 amide bonds. The second-order valence-electron chi connectivity index (χ2n) is 4.97. The van der Waals surface area contributed by atoms with Crippen molar-refractivity contribution in [2.45, 2.75) is 26.1 Å². The summed E-state index contributed by atoms with van der Waals surface area (Å²) < 4.78 is 6.58. The predicted molar refractivity (Wildman–Crippen MR) is 80.2 cm³/mol. The molecular formula is C16H17BrO2. The average Bonchev–Trinajstić information content (AvgIpc) is 2.36. The average molecular weight is 321 g/mol. The predicted octanol–water partition coefficient (Wildman–Crippen LogP) is 4.26. The molecule has 2 rings (SSSR count). The van der Waals surface area contributed by atoms with Gasteiger partial charge in [0.05, 0.1) is 5.60 Å². The van der Waals surface area contributed by atoms with E-state index in [1.165, 1.54) is 0 Å². The van der Waals surface area contributed by atoms with Crippen LogP contribution in [-0.2, 0) is 12.2 Å².